The van der Waals surface area contributed by atoms with Crippen LogP contribution in [0.1, 0.15) is 41.0 Å². The van der Waals surface area contributed by atoms with Crippen molar-refractivity contribution in [1.82, 2.24) is 10.5 Å². The molecule has 0 amide bonds. The number of benzene rings is 2. The van der Waals surface area contributed by atoms with Crippen molar-refractivity contribution in [1.29, 1.82) is 0 Å². The van der Waals surface area contributed by atoms with Crippen LogP contribution in [0.2, 0.25) is 10.2 Å². The molecule has 6 nitrogen and oxygen atoms in total. The number of ether oxygens (including phenoxy) is 2. The summed E-state index contributed by atoms with van der Waals surface area (Å²) in [6, 6.07) is 13.2. The van der Waals surface area contributed by atoms with Crippen molar-refractivity contribution in [3.63, 3.8) is 0 Å². The van der Waals surface area contributed by atoms with Gasteiger partial charge in [0.05, 0.1) is 31.0 Å². The largest absolute Gasteiger partial charge is 0.455 e. The van der Waals surface area contributed by atoms with Gasteiger partial charge in [0.25, 0.3) is 6.43 Å². The second kappa shape index (κ2) is 11.1. The Labute approximate surface area is 217 Å². The quantitative estimate of drug-likeness (QED) is 0.350. The summed E-state index contributed by atoms with van der Waals surface area (Å²) in [4.78, 5) is 14.5. The summed E-state index contributed by atoms with van der Waals surface area (Å²) in [7, 11) is 0. The number of amidine groups is 1. The second-order valence-corrected chi connectivity index (χ2v) is 9.43. The Bertz CT molecular complexity index is 1270. The first-order valence-corrected chi connectivity index (χ1v) is 12.3. The van der Waals surface area contributed by atoms with Gasteiger partial charge >= 0.3 is 0 Å². The SMILES string of the molecule is FC(F)c1cccc(Oc2cnc(Cl)cc2C2=N[C@H](Cc3ccc([C@H]4CCOC4)cc3Cl)CON2)c1. The topological polar surface area (TPSA) is 65.0 Å². The molecule has 10 heteroatoms. The highest BCUT2D eigenvalue weighted by Crippen LogP contribution is 2.32. The number of nitrogens with zero attached hydrogens (tertiary/aromatic N) is 2. The molecule has 1 fully saturated rings. The van der Waals surface area contributed by atoms with Crippen molar-refractivity contribution in [3.8, 4) is 11.5 Å². The van der Waals surface area contributed by atoms with Gasteiger partial charge in [0.15, 0.2) is 11.6 Å². The number of aromatic nitrogens is 1. The van der Waals surface area contributed by atoms with Gasteiger partial charge in [-0.3, -0.25) is 9.83 Å². The third kappa shape index (κ3) is 5.78. The van der Waals surface area contributed by atoms with Crippen molar-refractivity contribution >= 4 is 29.0 Å². The molecular formula is C26H23Cl2F2N3O3. The number of nitrogens with one attached hydrogen (secondary N) is 1. The minimum atomic E-state index is -2.61. The van der Waals surface area contributed by atoms with Crippen LogP contribution in [-0.4, -0.2) is 36.7 Å². The Morgan fingerprint density at radius 1 is 1.11 bits per heavy atom. The van der Waals surface area contributed by atoms with E-state index in [2.05, 4.69) is 16.5 Å². The Hall–Kier alpha value is -2.78. The van der Waals surface area contributed by atoms with Crippen molar-refractivity contribution < 1.29 is 23.1 Å². The van der Waals surface area contributed by atoms with Crippen molar-refractivity contribution in [3.05, 3.63) is 87.2 Å². The van der Waals surface area contributed by atoms with E-state index in [1.807, 2.05) is 12.1 Å². The van der Waals surface area contributed by atoms with Gasteiger partial charge in [-0.25, -0.2) is 19.2 Å². The molecule has 0 radical (unpaired) electrons. The van der Waals surface area contributed by atoms with Gasteiger partial charge < -0.3 is 9.47 Å². The van der Waals surface area contributed by atoms with Crippen LogP contribution in [0.4, 0.5) is 8.78 Å². The minimum Gasteiger partial charge on any atom is -0.455 e. The van der Waals surface area contributed by atoms with E-state index in [1.165, 1.54) is 30.0 Å². The molecule has 2 aliphatic rings. The van der Waals surface area contributed by atoms with Gasteiger partial charge in [-0.2, -0.15) is 0 Å². The summed E-state index contributed by atoms with van der Waals surface area (Å²) in [6.45, 7) is 1.83. The summed E-state index contributed by atoms with van der Waals surface area (Å²) in [6.07, 6.45) is 0.374. The number of alkyl halides is 2. The van der Waals surface area contributed by atoms with E-state index in [4.69, 9.17) is 42.5 Å². The number of rotatable bonds is 7. The summed E-state index contributed by atoms with van der Waals surface area (Å²) in [5, 5.41) is 0.907. The van der Waals surface area contributed by atoms with Gasteiger partial charge in [-0.05, 0) is 48.2 Å². The molecule has 2 aromatic carbocycles. The van der Waals surface area contributed by atoms with Crippen molar-refractivity contribution in [2.75, 3.05) is 19.8 Å². The molecule has 3 aromatic rings. The highest BCUT2D eigenvalue weighted by Gasteiger charge is 2.23. The van der Waals surface area contributed by atoms with E-state index in [9.17, 15) is 8.78 Å². The Kier molecular flexibility index (Phi) is 7.67. The average Bonchev–Trinajstić information content (AvgIpc) is 3.42. The van der Waals surface area contributed by atoms with Crippen LogP contribution in [-0.2, 0) is 16.0 Å². The smallest absolute Gasteiger partial charge is 0.263 e. The lowest BCUT2D eigenvalue weighted by molar-refractivity contribution is 0.0623. The van der Waals surface area contributed by atoms with Gasteiger partial charge in [-0.1, -0.05) is 47.5 Å². The second-order valence-electron chi connectivity index (χ2n) is 8.64. The van der Waals surface area contributed by atoms with Crippen molar-refractivity contribution in [2.45, 2.75) is 31.2 Å². The van der Waals surface area contributed by atoms with Crippen LogP contribution in [0.15, 0.2) is 59.7 Å². The Morgan fingerprint density at radius 2 is 2.00 bits per heavy atom. The zero-order chi connectivity index (χ0) is 25.1. The normalized spacial score (nSPS) is 19.8. The molecule has 0 bridgehead atoms. The van der Waals surface area contributed by atoms with E-state index in [-0.39, 0.29) is 22.5 Å². The van der Waals surface area contributed by atoms with Gasteiger partial charge in [-0.15, -0.1) is 0 Å². The summed E-state index contributed by atoms with van der Waals surface area (Å²) in [5.74, 6) is 1.31. The van der Waals surface area contributed by atoms with Gasteiger partial charge in [0, 0.05) is 23.1 Å². The molecule has 2 atom stereocenters. The van der Waals surface area contributed by atoms with E-state index in [0.29, 0.717) is 41.1 Å². The van der Waals surface area contributed by atoms with E-state index >= 15 is 0 Å². The zero-order valence-electron chi connectivity index (χ0n) is 19.1. The maximum atomic E-state index is 13.1. The lowest BCUT2D eigenvalue weighted by Gasteiger charge is -2.23. The maximum absolute atomic E-state index is 13.1. The number of aliphatic imine (C=N–C) groups is 1. The lowest BCUT2D eigenvalue weighted by atomic mass is 9.96. The molecule has 1 aromatic heterocycles. The summed E-state index contributed by atoms with van der Waals surface area (Å²) >= 11 is 12.8. The number of hydrogen-bond donors (Lipinski definition) is 1. The zero-order valence-corrected chi connectivity index (χ0v) is 20.6. The standard InChI is InChI=1S/C26H23Cl2F2N3O3/c27-22-10-15(18-6-7-34-13-18)4-5-16(22)8-19-14-35-33-26(32-19)21-11-24(28)31-12-23(21)36-20-3-1-2-17(9-20)25(29)30/h1-5,9-12,18-19,25H,6-8,13-14H2,(H,32,33)/t18-,19+/m0/s1. The average molecular weight is 534 g/mol. The first-order chi connectivity index (χ1) is 17.5. The third-order valence-electron chi connectivity index (χ3n) is 6.12. The molecule has 0 aliphatic carbocycles. The van der Waals surface area contributed by atoms with Crippen LogP contribution in [0.25, 0.3) is 0 Å². The first kappa shape index (κ1) is 24.9. The van der Waals surface area contributed by atoms with Gasteiger partial charge in [0.1, 0.15) is 10.9 Å². The fraction of sp³-hybridized carbons (Fsp3) is 0.308. The van der Waals surface area contributed by atoms with Crippen LogP contribution >= 0.6 is 23.2 Å². The van der Waals surface area contributed by atoms with Crippen LogP contribution < -0.4 is 10.2 Å². The van der Waals surface area contributed by atoms with Crippen LogP contribution in [0.3, 0.4) is 0 Å². The third-order valence-corrected chi connectivity index (χ3v) is 6.68. The van der Waals surface area contributed by atoms with Crippen LogP contribution in [0, 0.1) is 0 Å². The first-order valence-electron chi connectivity index (χ1n) is 11.5. The molecule has 36 heavy (non-hydrogen) atoms. The van der Waals surface area contributed by atoms with E-state index in [1.54, 1.807) is 12.1 Å². The molecule has 0 saturated carbocycles. The molecule has 1 saturated heterocycles. The Morgan fingerprint density at radius 3 is 2.78 bits per heavy atom. The fourth-order valence-corrected chi connectivity index (χ4v) is 4.66. The molecular weight excluding hydrogens is 511 g/mol. The number of pyridine rings is 1. The predicted octanol–water partition coefficient (Wildman–Crippen LogP) is 6.51. The molecule has 5 rings (SSSR count). The maximum Gasteiger partial charge on any atom is 0.263 e. The lowest BCUT2D eigenvalue weighted by Crippen LogP contribution is -2.36. The molecule has 0 unspecified atom stereocenters. The Balaban J connectivity index is 1.37. The fourth-order valence-electron chi connectivity index (χ4n) is 4.24. The van der Waals surface area contributed by atoms with E-state index < -0.39 is 6.43 Å². The highest BCUT2D eigenvalue weighted by atomic mass is 35.5. The predicted molar refractivity (Wildman–Crippen MR) is 133 cm³/mol. The van der Waals surface area contributed by atoms with Gasteiger partial charge in [0.2, 0.25) is 0 Å². The minimum absolute atomic E-state index is 0.143. The molecule has 3 heterocycles. The number of halogens is 4. The monoisotopic (exact) mass is 533 g/mol. The molecule has 188 valence electrons. The van der Waals surface area contributed by atoms with E-state index in [0.717, 1.165) is 25.2 Å². The summed E-state index contributed by atoms with van der Waals surface area (Å²) in [5.41, 5.74) is 5.30. The summed E-state index contributed by atoms with van der Waals surface area (Å²) < 4.78 is 37.6. The number of hydroxylamine groups is 1. The molecule has 2 aliphatic heterocycles. The van der Waals surface area contributed by atoms with Crippen LogP contribution in [0.5, 0.6) is 11.5 Å². The molecule has 0 spiro atoms. The highest BCUT2D eigenvalue weighted by molar-refractivity contribution is 6.31. The number of hydrogen-bond acceptors (Lipinski definition) is 6. The molecule has 1 N–H and O–H groups in total. The van der Waals surface area contributed by atoms with Crippen molar-refractivity contribution in [2.24, 2.45) is 4.99 Å².